The fourth-order valence-corrected chi connectivity index (χ4v) is 8.49. The van der Waals surface area contributed by atoms with E-state index in [0.717, 1.165) is 30.8 Å². The number of carbonyl (C=O) groups excluding carboxylic acids is 2. The Kier molecular flexibility index (Phi) is 9.74. The molecule has 0 radical (unpaired) electrons. The maximum absolute atomic E-state index is 12.1. The van der Waals surface area contributed by atoms with Crippen molar-refractivity contribution in [1.29, 1.82) is 0 Å². The molecule has 1 atom stereocenters. The van der Waals surface area contributed by atoms with E-state index in [-0.39, 0.29) is 42.4 Å². The van der Waals surface area contributed by atoms with Gasteiger partial charge in [-0.1, -0.05) is 41.4 Å². The van der Waals surface area contributed by atoms with Gasteiger partial charge in [-0.3, -0.25) is 19.5 Å². The molecule has 55 heavy (non-hydrogen) atoms. The summed E-state index contributed by atoms with van der Waals surface area (Å²) in [7, 11) is 3.07. The zero-order chi connectivity index (χ0) is 38.4. The number of nitrogens with one attached hydrogen (secondary N) is 2. The molecule has 1 spiro atoms. The van der Waals surface area contributed by atoms with Gasteiger partial charge in [0.05, 0.1) is 53.4 Å². The Bertz CT molecular complexity index is 2350. The number of halogens is 2. The van der Waals surface area contributed by atoms with Gasteiger partial charge in [-0.15, -0.1) is 0 Å². The highest BCUT2D eigenvalue weighted by molar-refractivity contribution is 6.39. The van der Waals surface area contributed by atoms with Crippen LogP contribution in [0.3, 0.4) is 0 Å². The summed E-state index contributed by atoms with van der Waals surface area (Å²) >= 11 is 14.3. The minimum absolute atomic E-state index is 0.0260. The first-order valence-corrected chi connectivity index (χ1v) is 18.6. The third-order valence-electron chi connectivity index (χ3n) is 10.5. The molecule has 3 N–H and O–H groups in total. The van der Waals surface area contributed by atoms with Crippen molar-refractivity contribution >= 4 is 46.8 Å². The van der Waals surface area contributed by atoms with Crippen LogP contribution in [-0.4, -0.2) is 97.6 Å². The SMILES string of the molecule is COc1nc(-c2cccc(-c3ccnc(-c4cc(OC)c5nc(CN6CC7(CCC(=O)N7)C6)cn5c4)c3Cl)c2Cl)ccc1CN(CC1CCC(=O)N1)C(=O)O. The van der Waals surface area contributed by atoms with Crippen LogP contribution in [0.15, 0.2) is 61.1 Å². The van der Waals surface area contributed by atoms with Gasteiger partial charge in [-0.05, 0) is 37.1 Å². The van der Waals surface area contributed by atoms with Gasteiger partial charge in [0.15, 0.2) is 11.4 Å². The number of hydrogen-bond donors (Lipinski definition) is 3. The lowest BCUT2D eigenvalue weighted by molar-refractivity contribution is -0.121. The number of benzene rings is 1. The van der Waals surface area contributed by atoms with Gasteiger partial charge in [0, 0.05) is 91.5 Å². The summed E-state index contributed by atoms with van der Waals surface area (Å²) < 4.78 is 13.3. The van der Waals surface area contributed by atoms with Crippen molar-refractivity contribution in [2.24, 2.45) is 0 Å². The smallest absolute Gasteiger partial charge is 0.407 e. The maximum atomic E-state index is 12.1. The van der Waals surface area contributed by atoms with Crippen LogP contribution >= 0.6 is 23.2 Å². The molecular formula is C39H38Cl2N8O6. The lowest BCUT2D eigenvalue weighted by Gasteiger charge is -2.47. The Labute approximate surface area is 326 Å². The minimum Gasteiger partial charge on any atom is -0.493 e. The molecule has 8 rings (SSSR count). The van der Waals surface area contributed by atoms with Crippen molar-refractivity contribution < 1.29 is 29.0 Å². The first-order chi connectivity index (χ1) is 26.5. The molecule has 5 aromatic rings. The van der Waals surface area contributed by atoms with E-state index in [0.29, 0.717) is 80.9 Å². The number of amides is 3. The van der Waals surface area contributed by atoms with Crippen LogP contribution in [0.5, 0.6) is 11.6 Å². The number of pyridine rings is 3. The number of carbonyl (C=O) groups is 3. The van der Waals surface area contributed by atoms with E-state index in [9.17, 15) is 19.5 Å². The predicted molar refractivity (Wildman–Crippen MR) is 205 cm³/mol. The molecule has 7 heterocycles. The molecule has 1 aromatic carbocycles. The number of likely N-dealkylation sites (tertiary alicyclic amines) is 1. The molecule has 0 aliphatic carbocycles. The highest BCUT2D eigenvalue weighted by atomic mass is 35.5. The lowest BCUT2D eigenvalue weighted by atomic mass is 9.88. The molecule has 1 unspecified atom stereocenters. The van der Waals surface area contributed by atoms with E-state index in [2.05, 4.69) is 20.5 Å². The standard InChI is InChI=1S/C39H38Cl2N8O6/c1-54-30-14-23(16-48-19-25(44-36(30)48)17-47-20-39(21-47)12-10-32(51)46-39)35-34(41)27(11-13-42-35)26-4-3-5-28(33(26)40)29-8-6-22(37(45-29)55-2)15-49(38(52)53)18-24-7-9-31(50)43-24/h3-6,8,11,13-14,16,19,24H,7,9-10,12,15,17-18,20-21H2,1-2H3,(H,43,50)(H,46,51)(H,52,53). The summed E-state index contributed by atoms with van der Waals surface area (Å²) in [5.74, 6) is 0.863. The fraction of sp³-hybridized carbons (Fsp3) is 0.333. The second kappa shape index (κ2) is 14.7. The Morgan fingerprint density at radius 1 is 1.00 bits per heavy atom. The van der Waals surface area contributed by atoms with E-state index < -0.39 is 6.09 Å². The first kappa shape index (κ1) is 36.5. The highest BCUT2D eigenvalue weighted by Gasteiger charge is 2.47. The maximum Gasteiger partial charge on any atom is 0.407 e. The molecule has 284 valence electrons. The number of fused-ring (bicyclic) bond motifs is 1. The number of nitrogens with zero attached hydrogens (tertiary/aromatic N) is 6. The Morgan fingerprint density at radius 3 is 2.51 bits per heavy atom. The Hall–Kier alpha value is -5.44. The van der Waals surface area contributed by atoms with Crippen LogP contribution in [0.25, 0.3) is 39.3 Å². The number of methoxy groups -OCH3 is 2. The largest absolute Gasteiger partial charge is 0.493 e. The molecule has 3 amide bonds. The van der Waals surface area contributed by atoms with Crippen LogP contribution in [0, 0.1) is 0 Å². The lowest BCUT2D eigenvalue weighted by Crippen LogP contribution is -2.66. The molecule has 3 saturated heterocycles. The molecule has 0 bridgehead atoms. The van der Waals surface area contributed by atoms with Crippen LogP contribution in [0.1, 0.15) is 36.9 Å². The topological polar surface area (TPSA) is 164 Å². The fourth-order valence-electron chi connectivity index (χ4n) is 7.84. The van der Waals surface area contributed by atoms with E-state index in [1.807, 2.05) is 41.1 Å². The second-order valence-corrected chi connectivity index (χ2v) is 15.0. The van der Waals surface area contributed by atoms with Crippen molar-refractivity contribution in [2.45, 2.75) is 50.4 Å². The normalized spacial score (nSPS) is 17.6. The third kappa shape index (κ3) is 7.12. The molecular weight excluding hydrogens is 747 g/mol. The van der Waals surface area contributed by atoms with Gasteiger partial charge in [-0.25, -0.2) is 14.8 Å². The van der Waals surface area contributed by atoms with Crippen molar-refractivity contribution in [2.75, 3.05) is 33.9 Å². The highest BCUT2D eigenvalue weighted by Crippen LogP contribution is 2.42. The average molecular weight is 786 g/mol. The van der Waals surface area contributed by atoms with E-state index in [1.165, 1.54) is 12.0 Å². The molecule has 14 nitrogen and oxygen atoms in total. The molecule has 0 saturated carbocycles. The quantitative estimate of drug-likeness (QED) is 0.152. The number of aromatic nitrogens is 4. The van der Waals surface area contributed by atoms with Gasteiger partial charge in [0.25, 0.3) is 0 Å². The number of rotatable bonds is 11. The summed E-state index contributed by atoms with van der Waals surface area (Å²) in [6.45, 7) is 2.43. The van der Waals surface area contributed by atoms with Crippen molar-refractivity contribution in [3.63, 3.8) is 0 Å². The molecule has 4 aromatic heterocycles. The van der Waals surface area contributed by atoms with Gasteiger partial charge in [0.1, 0.15) is 0 Å². The monoisotopic (exact) mass is 784 g/mol. The van der Waals surface area contributed by atoms with Gasteiger partial charge >= 0.3 is 6.09 Å². The van der Waals surface area contributed by atoms with Crippen LogP contribution < -0.4 is 20.1 Å². The summed E-state index contributed by atoms with van der Waals surface area (Å²) in [6, 6.07) is 12.5. The minimum atomic E-state index is -1.11. The van der Waals surface area contributed by atoms with Crippen LogP contribution in [0.4, 0.5) is 4.79 Å². The van der Waals surface area contributed by atoms with Gasteiger partial charge in [0.2, 0.25) is 17.7 Å². The molecule has 3 aliphatic rings. The zero-order valence-electron chi connectivity index (χ0n) is 30.1. The molecule has 3 aliphatic heterocycles. The molecule has 16 heteroatoms. The van der Waals surface area contributed by atoms with Gasteiger partial charge < -0.3 is 34.5 Å². The summed E-state index contributed by atoms with van der Waals surface area (Å²) in [4.78, 5) is 53.3. The van der Waals surface area contributed by atoms with Crippen LogP contribution in [-0.2, 0) is 22.7 Å². The number of ether oxygens (including phenoxy) is 2. The summed E-state index contributed by atoms with van der Waals surface area (Å²) in [6.07, 6.45) is 6.87. The van der Waals surface area contributed by atoms with E-state index in [1.54, 1.807) is 31.5 Å². The Morgan fingerprint density at radius 2 is 1.80 bits per heavy atom. The summed E-state index contributed by atoms with van der Waals surface area (Å²) in [5.41, 5.74) is 5.73. The van der Waals surface area contributed by atoms with Crippen molar-refractivity contribution in [3.8, 4) is 45.3 Å². The zero-order valence-corrected chi connectivity index (χ0v) is 31.7. The molecule has 3 fully saturated rings. The average Bonchev–Trinajstić information content (AvgIpc) is 3.89. The van der Waals surface area contributed by atoms with Crippen LogP contribution in [0.2, 0.25) is 10.0 Å². The van der Waals surface area contributed by atoms with E-state index >= 15 is 0 Å². The number of imidazole rings is 1. The second-order valence-electron chi connectivity index (χ2n) is 14.3. The predicted octanol–water partition coefficient (Wildman–Crippen LogP) is 5.67. The Balaban J connectivity index is 1.05. The van der Waals surface area contributed by atoms with Crippen molar-refractivity contribution in [1.82, 2.24) is 39.8 Å². The van der Waals surface area contributed by atoms with Gasteiger partial charge in [-0.2, -0.15) is 0 Å². The van der Waals surface area contributed by atoms with E-state index in [4.69, 9.17) is 42.6 Å². The third-order valence-corrected chi connectivity index (χ3v) is 11.3. The number of hydrogen-bond acceptors (Lipinski definition) is 9. The number of carboxylic acid groups (broad SMARTS) is 1. The first-order valence-electron chi connectivity index (χ1n) is 17.9. The summed E-state index contributed by atoms with van der Waals surface area (Å²) in [5, 5.41) is 16.6. The van der Waals surface area contributed by atoms with Crippen molar-refractivity contribution in [3.05, 3.63) is 82.4 Å².